The third kappa shape index (κ3) is 3.98. The van der Waals surface area contributed by atoms with Gasteiger partial charge < -0.3 is 10.0 Å². The summed E-state index contributed by atoms with van der Waals surface area (Å²) in [5, 5.41) is 9.16. The first-order chi connectivity index (χ1) is 13.2. The Morgan fingerprint density at radius 2 is 1.52 bits per heavy atom. The van der Waals surface area contributed by atoms with E-state index < -0.39 is 5.97 Å². The van der Waals surface area contributed by atoms with Crippen molar-refractivity contribution in [3.63, 3.8) is 0 Å². The topological polar surface area (TPSA) is 40.5 Å². The van der Waals surface area contributed by atoms with Crippen LogP contribution in [0.1, 0.15) is 41.5 Å². The van der Waals surface area contributed by atoms with Crippen LogP contribution in [0, 0.1) is 5.92 Å². The molecule has 1 aliphatic heterocycles. The molecule has 3 nitrogen and oxygen atoms in total. The van der Waals surface area contributed by atoms with Crippen molar-refractivity contribution in [3.8, 4) is 0 Å². The molecular formula is C24H27NO2. The number of aliphatic carboxylic acids is 1. The van der Waals surface area contributed by atoms with Gasteiger partial charge in [0, 0.05) is 6.54 Å². The van der Waals surface area contributed by atoms with E-state index in [4.69, 9.17) is 5.11 Å². The number of benzene rings is 2. The number of aryl methyl sites for hydroxylation is 2. The molecule has 3 heteroatoms. The van der Waals surface area contributed by atoms with Gasteiger partial charge in [0.05, 0.1) is 5.92 Å². The predicted molar refractivity (Wildman–Crippen MR) is 109 cm³/mol. The van der Waals surface area contributed by atoms with Crippen LogP contribution in [-0.4, -0.2) is 35.6 Å². The molecule has 1 heterocycles. The molecule has 140 valence electrons. The Labute approximate surface area is 161 Å². The number of piperidine rings is 1. The largest absolute Gasteiger partial charge is 0.481 e. The van der Waals surface area contributed by atoms with Gasteiger partial charge in [-0.1, -0.05) is 54.6 Å². The molecule has 1 N–H and O–H groups in total. The lowest BCUT2D eigenvalue weighted by molar-refractivity contribution is -0.143. The highest BCUT2D eigenvalue weighted by Gasteiger charge is 2.24. The molecule has 0 bridgehead atoms. The molecule has 0 amide bonds. The second kappa shape index (κ2) is 8.10. The molecular weight excluding hydrogens is 334 g/mol. The molecule has 0 radical (unpaired) electrons. The first-order valence-electron chi connectivity index (χ1n) is 10.0. The van der Waals surface area contributed by atoms with Crippen molar-refractivity contribution in [1.29, 1.82) is 0 Å². The van der Waals surface area contributed by atoms with Crippen LogP contribution in [0.25, 0.3) is 5.57 Å². The van der Waals surface area contributed by atoms with Crippen LogP contribution in [0.15, 0.2) is 54.6 Å². The standard InChI is InChI=1S/C24H27NO2/c26-24(27)20-13-16-25(17-14-20)15-5-10-23-21-8-3-1-6-18(21)11-12-19-7-2-4-9-22(19)23/h1-4,6-10,20H,5,11-17H2,(H,26,27). The van der Waals surface area contributed by atoms with E-state index in [-0.39, 0.29) is 5.92 Å². The summed E-state index contributed by atoms with van der Waals surface area (Å²) < 4.78 is 0. The molecule has 0 unspecified atom stereocenters. The van der Waals surface area contributed by atoms with Gasteiger partial charge in [0.1, 0.15) is 0 Å². The molecule has 0 spiro atoms. The van der Waals surface area contributed by atoms with Gasteiger partial charge >= 0.3 is 5.97 Å². The molecule has 1 saturated heterocycles. The normalized spacial score (nSPS) is 17.7. The number of carbonyl (C=O) groups is 1. The minimum atomic E-state index is -0.636. The fraction of sp³-hybridized carbons (Fsp3) is 0.375. The van der Waals surface area contributed by atoms with Crippen molar-refractivity contribution in [3.05, 3.63) is 76.9 Å². The van der Waals surface area contributed by atoms with Crippen molar-refractivity contribution in [1.82, 2.24) is 4.90 Å². The molecule has 0 atom stereocenters. The van der Waals surface area contributed by atoms with Gasteiger partial charge in [-0.2, -0.15) is 0 Å². The quantitative estimate of drug-likeness (QED) is 0.877. The molecule has 27 heavy (non-hydrogen) atoms. The van der Waals surface area contributed by atoms with Gasteiger partial charge in [-0.3, -0.25) is 4.79 Å². The molecule has 0 aromatic heterocycles. The lowest BCUT2D eigenvalue weighted by Gasteiger charge is -2.29. The first-order valence-corrected chi connectivity index (χ1v) is 10.0. The summed E-state index contributed by atoms with van der Waals surface area (Å²) in [5.74, 6) is -0.788. The average Bonchev–Trinajstić information content (AvgIpc) is 2.86. The van der Waals surface area contributed by atoms with Crippen molar-refractivity contribution < 1.29 is 9.90 Å². The number of carboxylic acids is 1. The molecule has 2 aromatic carbocycles. The summed E-state index contributed by atoms with van der Waals surface area (Å²) in [5.41, 5.74) is 6.96. The summed E-state index contributed by atoms with van der Waals surface area (Å²) in [6.07, 6.45) is 7.12. The molecule has 0 saturated carbocycles. The number of rotatable bonds is 4. The SMILES string of the molecule is O=C(O)C1CCN(CCC=C2c3ccccc3CCc3ccccc32)CC1. The van der Waals surface area contributed by atoms with Crippen molar-refractivity contribution in [2.45, 2.75) is 32.1 Å². The maximum absolute atomic E-state index is 11.1. The highest BCUT2D eigenvalue weighted by molar-refractivity contribution is 5.83. The van der Waals surface area contributed by atoms with E-state index in [9.17, 15) is 4.79 Å². The summed E-state index contributed by atoms with van der Waals surface area (Å²) in [6.45, 7) is 2.79. The number of hydrogen-bond acceptors (Lipinski definition) is 2. The first kappa shape index (κ1) is 18.0. The van der Waals surface area contributed by atoms with E-state index in [2.05, 4.69) is 59.5 Å². The highest BCUT2D eigenvalue weighted by Crippen LogP contribution is 2.33. The molecule has 1 aliphatic carbocycles. The van der Waals surface area contributed by atoms with Crippen molar-refractivity contribution in [2.24, 2.45) is 5.92 Å². The fourth-order valence-corrected chi connectivity index (χ4v) is 4.43. The Morgan fingerprint density at radius 3 is 2.07 bits per heavy atom. The van der Waals surface area contributed by atoms with Crippen LogP contribution in [0.2, 0.25) is 0 Å². The van der Waals surface area contributed by atoms with Crippen molar-refractivity contribution >= 4 is 11.5 Å². The summed E-state index contributed by atoms with van der Waals surface area (Å²) in [4.78, 5) is 13.5. The van der Waals surface area contributed by atoms with E-state index in [1.165, 1.54) is 27.8 Å². The van der Waals surface area contributed by atoms with Gasteiger partial charge in [-0.25, -0.2) is 0 Å². The fourth-order valence-electron chi connectivity index (χ4n) is 4.43. The summed E-state index contributed by atoms with van der Waals surface area (Å²) in [7, 11) is 0. The number of likely N-dealkylation sites (tertiary alicyclic amines) is 1. The Morgan fingerprint density at radius 1 is 0.963 bits per heavy atom. The Balaban J connectivity index is 1.52. The van der Waals surface area contributed by atoms with Gasteiger partial charge in [-0.15, -0.1) is 0 Å². The van der Waals surface area contributed by atoms with E-state index in [0.29, 0.717) is 0 Å². The van der Waals surface area contributed by atoms with Crippen molar-refractivity contribution in [2.75, 3.05) is 19.6 Å². The van der Waals surface area contributed by atoms with Gasteiger partial charge in [0.15, 0.2) is 0 Å². The molecule has 1 fully saturated rings. The van der Waals surface area contributed by atoms with Crippen LogP contribution in [0.4, 0.5) is 0 Å². The lowest BCUT2D eigenvalue weighted by Crippen LogP contribution is -2.36. The third-order valence-electron chi connectivity index (χ3n) is 6.01. The third-order valence-corrected chi connectivity index (χ3v) is 6.01. The van der Waals surface area contributed by atoms with Crippen LogP contribution < -0.4 is 0 Å². The van der Waals surface area contributed by atoms with Gasteiger partial charge in [0.2, 0.25) is 0 Å². The molecule has 2 aliphatic rings. The number of nitrogens with zero attached hydrogens (tertiary/aromatic N) is 1. The van der Waals surface area contributed by atoms with E-state index >= 15 is 0 Å². The van der Waals surface area contributed by atoms with Crippen LogP contribution in [0.5, 0.6) is 0 Å². The zero-order chi connectivity index (χ0) is 18.6. The average molecular weight is 361 g/mol. The second-order valence-electron chi connectivity index (χ2n) is 7.67. The lowest BCUT2D eigenvalue weighted by atomic mass is 9.93. The zero-order valence-electron chi connectivity index (χ0n) is 15.7. The van der Waals surface area contributed by atoms with Gasteiger partial charge in [-0.05, 0) is 73.0 Å². The second-order valence-corrected chi connectivity index (χ2v) is 7.67. The summed E-state index contributed by atoms with van der Waals surface area (Å²) >= 11 is 0. The van der Waals surface area contributed by atoms with E-state index in [1.807, 2.05) is 0 Å². The van der Waals surface area contributed by atoms with Gasteiger partial charge in [0.25, 0.3) is 0 Å². The minimum Gasteiger partial charge on any atom is -0.481 e. The highest BCUT2D eigenvalue weighted by atomic mass is 16.4. The van der Waals surface area contributed by atoms with Crippen LogP contribution in [0.3, 0.4) is 0 Å². The molecule has 2 aromatic rings. The van der Waals surface area contributed by atoms with E-state index in [1.54, 1.807) is 0 Å². The predicted octanol–water partition coefficient (Wildman–Crippen LogP) is 4.40. The monoisotopic (exact) mass is 361 g/mol. The van der Waals surface area contributed by atoms with Crippen LogP contribution >= 0.6 is 0 Å². The zero-order valence-corrected chi connectivity index (χ0v) is 15.7. The maximum atomic E-state index is 11.1. The van der Waals surface area contributed by atoms with Crippen LogP contribution in [-0.2, 0) is 17.6 Å². The molecule has 4 rings (SSSR count). The minimum absolute atomic E-state index is 0.153. The smallest absolute Gasteiger partial charge is 0.306 e. The number of hydrogen-bond donors (Lipinski definition) is 1. The number of fused-ring (bicyclic) bond motifs is 2. The Kier molecular flexibility index (Phi) is 5.40. The summed E-state index contributed by atoms with van der Waals surface area (Å²) in [6, 6.07) is 17.6. The number of carboxylic acid groups (broad SMARTS) is 1. The van der Waals surface area contributed by atoms with E-state index in [0.717, 1.165) is 51.7 Å². The maximum Gasteiger partial charge on any atom is 0.306 e. The Bertz CT molecular complexity index is 797. The Hall–Kier alpha value is -2.39.